The Morgan fingerprint density at radius 3 is 2.20 bits per heavy atom. The van der Waals surface area contributed by atoms with Crippen molar-refractivity contribution in [1.29, 1.82) is 0 Å². The van der Waals surface area contributed by atoms with Gasteiger partial charge in [0.25, 0.3) is 0 Å². The first kappa shape index (κ1) is 36.9. The molecule has 3 amide bonds. The Hall–Kier alpha value is -4.28. The molecule has 0 saturated carbocycles. The van der Waals surface area contributed by atoms with Gasteiger partial charge < -0.3 is 35.2 Å². The van der Waals surface area contributed by atoms with Crippen molar-refractivity contribution in [3.63, 3.8) is 0 Å². The molecule has 0 spiro atoms. The van der Waals surface area contributed by atoms with Gasteiger partial charge in [-0.3, -0.25) is 14.4 Å². The summed E-state index contributed by atoms with van der Waals surface area (Å²) in [6.07, 6.45) is 3.54. The van der Waals surface area contributed by atoms with Gasteiger partial charge in [-0.05, 0) is 57.9 Å². The van der Waals surface area contributed by atoms with Crippen LogP contribution in [-0.4, -0.2) is 70.3 Å². The van der Waals surface area contributed by atoms with Crippen LogP contribution in [0, 0.1) is 0 Å². The second kappa shape index (κ2) is 18.5. The van der Waals surface area contributed by atoms with Crippen LogP contribution in [0.4, 0.5) is 4.79 Å². The molecule has 11 heteroatoms. The summed E-state index contributed by atoms with van der Waals surface area (Å²) in [6.45, 7) is 9.25. The van der Waals surface area contributed by atoms with Gasteiger partial charge in [-0.2, -0.15) is 0 Å². The van der Waals surface area contributed by atoms with Crippen LogP contribution in [0.5, 0.6) is 11.5 Å². The lowest BCUT2D eigenvalue weighted by Gasteiger charge is -2.35. The molecule has 11 nitrogen and oxygen atoms in total. The Balaban J connectivity index is 2.53. The lowest BCUT2D eigenvalue weighted by atomic mass is 9.99. The summed E-state index contributed by atoms with van der Waals surface area (Å²) >= 11 is 0. The molecule has 0 fully saturated rings. The lowest BCUT2D eigenvalue weighted by molar-refractivity contribution is -0.144. The lowest BCUT2D eigenvalue weighted by Crippen LogP contribution is -2.54. The number of benzene rings is 2. The molecular formula is C34H49N3O8. The fourth-order valence-electron chi connectivity index (χ4n) is 4.76. The van der Waals surface area contributed by atoms with Gasteiger partial charge in [-0.15, -0.1) is 0 Å². The number of nitrogens with zero attached hydrogens (tertiary/aromatic N) is 1. The van der Waals surface area contributed by atoms with E-state index >= 15 is 0 Å². The van der Waals surface area contributed by atoms with E-state index in [2.05, 4.69) is 17.6 Å². The number of alkyl carbamates (subject to hydrolysis) is 1. The van der Waals surface area contributed by atoms with Crippen molar-refractivity contribution < 1.29 is 38.9 Å². The third-order valence-corrected chi connectivity index (χ3v) is 6.88. The number of rotatable bonds is 17. The van der Waals surface area contributed by atoms with Crippen LogP contribution in [-0.2, 0) is 30.3 Å². The van der Waals surface area contributed by atoms with Crippen LogP contribution in [0.25, 0.3) is 0 Å². The molecule has 0 bridgehead atoms. The van der Waals surface area contributed by atoms with Gasteiger partial charge in [-0.25, -0.2) is 4.79 Å². The van der Waals surface area contributed by atoms with Crippen molar-refractivity contribution in [3.8, 4) is 11.5 Å². The second-order valence-electron chi connectivity index (χ2n) is 11.8. The average molecular weight is 628 g/mol. The van der Waals surface area contributed by atoms with Crippen LogP contribution in [0.15, 0.2) is 48.5 Å². The fourth-order valence-corrected chi connectivity index (χ4v) is 4.76. The summed E-state index contributed by atoms with van der Waals surface area (Å²) in [6, 6.07) is 10.1. The number of hydrogen-bond donors (Lipinski definition) is 4. The smallest absolute Gasteiger partial charge is 0.408 e. The number of carbonyl (C=O) groups is 4. The zero-order valence-corrected chi connectivity index (χ0v) is 27.1. The van der Waals surface area contributed by atoms with Crippen molar-refractivity contribution in [1.82, 2.24) is 15.5 Å². The number of amides is 3. The van der Waals surface area contributed by atoms with Gasteiger partial charge >= 0.3 is 12.1 Å². The SMILES string of the molecule is CCCCCCCN(C(=O)C(Cc1ccc(O)cc1)NC(=O)OC(C)(C)C)C(C(=O)NCCC(=O)OCC)c1ccccc1O. The van der Waals surface area contributed by atoms with Crippen molar-refractivity contribution in [2.75, 3.05) is 19.7 Å². The van der Waals surface area contributed by atoms with Gasteiger partial charge in [0.15, 0.2) is 0 Å². The van der Waals surface area contributed by atoms with E-state index in [0.717, 1.165) is 25.7 Å². The molecule has 2 unspecified atom stereocenters. The molecule has 4 N–H and O–H groups in total. The predicted octanol–water partition coefficient (Wildman–Crippen LogP) is 5.14. The van der Waals surface area contributed by atoms with E-state index in [1.807, 2.05) is 0 Å². The summed E-state index contributed by atoms with van der Waals surface area (Å²) in [7, 11) is 0. The standard InChI is InChI=1S/C34H49N3O8/c1-6-8-9-10-13-22-37(30(26-14-11-12-15-28(26)39)31(41)35-21-20-29(40)44-7-2)32(42)27(36-33(43)45-34(3,4)5)23-24-16-18-25(38)19-17-24/h11-12,14-19,27,30,38-39H,6-10,13,20-23H2,1-5H3,(H,35,41)(H,36,43). The van der Waals surface area contributed by atoms with E-state index in [1.165, 1.54) is 23.1 Å². The molecule has 2 aromatic carbocycles. The van der Waals surface area contributed by atoms with Gasteiger partial charge in [0.1, 0.15) is 29.2 Å². The number of esters is 1. The van der Waals surface area contributed by atoms with Crippen LogP contribution in [0.3, 0.4) is 0 Å². The Morgan fingerprint density at radius 2 is 1.58 bits per heavy atom. The number of hydrogen-bond acceptors (Lipinski definition) is 8. The molecule has 2 rings (SSSR count). The molecule has 0 aliphatic rings. The van der Waals surface area contributed by atoms with E-state index in [4.69, 9.17) is 9.47 Å². The minimum absolute atomic E-state index is 0.0343. The number of carbonyl (C=O) groups excluding carboxylic acids is 4. The Bertz CT molecular complexity index is 1240. The Morgan fingerprint density at radius 1 is 0.911 bits per heavy atom. The average Bonchev–Trinajstić information content (AvgIpc) is 2.96. The molecule has 0 aromatic heterocycles. The Labute approximate surface area is 266 Å². The van der Waals surface area contributed by atoms with Crippen LogP contribution in [0.2, 0.25) is 0 Å². The molecule has 0 aliphatic carbocycles. The summed E-state index contributed by atoms with van der Waals surface area (Å²) in [5.41, 5.74) is 0.0311. The molecule has 0 saturated heterocycles. The maximum absolute atomic E-state index is 14.5. The number of unbranched alkanes of at least 4 members (excludes halogenated alkanes) is 4. The van der Waals surface area contributed by atoms with Crippen LogP contribution < -0.4 is 10.6 Å². The van der Waals surface area contributed by atoms with Gasteiger partial charge in [0, 0.05) is 25.1 Å². The predicted molar refractivity (Wildman–Crippen MR) is 171 cm³/mol. The maximum Gasteiger partial charge on any atom is 0.408 e. The summed E-state index contributed by atoms with van der Waals surface area (Å²) in [4.78, 5) is 54.6. The quantitative estimate of drug-likeness (QED) is 0.139. The van der Waals surface area contributed by atoms with Gasteiger partial charge in [-0.1, -0.05) is 62.9 Å². The molecule has 2 atom stereocenters. The number of nitrogens with one attached hydrogen (secondary N) is 2. The summed E-state index contributed by atoms with van der Waals surface area (Å²) in [5.74, 6) is -1.76. The number of para-hydroxylation sites is 1. The van der Waals surface area contributed by atoms with Crippen molar-refractivity contribution >= 4 is 23.9 Å². The molecule has 2 aromatic rings. The zero-order valence-electron chi connectivity index (χ0n) is 27.1. The first-order valence-corrected chi connectivity index (χ1v) is 15.6. The molecule has 45 heavy (non-hydrogen) atoms. The minimum Gasteiger partial charge on any atom is -0.508 e. The largest absolute Gasteiger partial charge is 0.508 e. The molecule has 0 radical (unpaired) electrons. The van der Waals surface area contributed by atoms with Crippen molar-refractivity contribution in [3.05, 3.63) is 59.7 Å². The topological polar surface area (TPSA) is 154 Å². The number of ether oxygens (including phenoxy) is 2. The maximum atomic E-state index is 14.5. The van der Waals surface area contributed by atoms with Crippen molar-refractivity contribution in [2.24, 2.45) is 0 Å². The van der Waals surface area contributed by atoms with Crippen LogP contribution in [0.1, 0.15) is 90.3 Å². The van der Waals surface area contributed by atoms with Crippen LogP contribution >= 0.6 is 0 Å². The summed E-state index contributed by atoms with van der Waals surface area (Å²) < 4.78 is 10.4. The molecule has 0 aliphatic heterocycles. The van der Waals surface area contributed by atoms with E-state index in [0.29, 0.717) is 12.0 Å². The minimum atomic E-state index is -1.27. The van der Waals surface area contributed by atoms with Crippen molar-refractivity contribution in [2.45, 2.75) is 97.2 Å². The van der Waals surface area contributed by atoms with E-state index in [1.54, 1.807) is 58.0 Å². The highest BCUT2D eigenvalue weighted by Gasteiger charge is 2.37. The zero-order chi connectivity index (χ0) is 33.4. The number of phenols is 2. The molecular weight excluding hydrogens is 578 g/mol. The fraction of sp³-hybridized carbons (Fsp3) is 0.529. The van der Waals surface area contributed by atoms with Gasteiger partial charge in [0.05, 0.1) is 13.0 Å². The van der Waals surface area contributed by atoms with E-state index in [9.17, 15) is 29.4 Å². The number of phenolic OH excluding ortho intramolecular Hbond substituents is 2. The highest BCUT2D eigenvalue weighted by molar-refractivity contribution is 5.92. The highest BCUT2D eigenvalue weighted by atomic mass is 16.6. The Kier molecular flexibility index (Phi) is 15.2. The third-order valence-electron chi connectivity index (χ3n) is 6.88. The first-order chi connectivity index (χ1) is 21.4. The first-order valence-electron chi connectivity index (χ1n) is 15.6. The van der Waals surface area contributed by atoms with E-state index in [-0.39, 0.29) is 49.6 Å². The normalized spacial score (nSPS) is 12.5. The molecule has 248 valence electrons. The third kappa shape index (κ3) is 13.1. The second-order valence-corrected chi connectivity index (χ2v) is 11.8. The van der Waals surface area contributed by atoms with Gasteiger partial charge in [0.2, 0.25) is 11.8 Å². The summed E-state index contributed by atoms with van der Waals surface area (Å²) in [5, 5.41) is 26.0. The number of aromatic hydroxyl groups is 2. The highest BCUT2D eigenvalue weighted by Crippen LogP contribution is 2.30. The monoisotopic (exact) mass is 627 g/mol. The van der Waals surface area contributed by atoms with E-state index < -0.39 is 41.6 Å². The molecule has 0 heterocycles.